The van der Waals surface area contributed by atoms with E-state index in [0.29, 0.717) is 10.6 Å². The molecule has 0 aliphatic heterocycles. The molecule has 0 spiro atoms. The lowest BCUT2D eigenvalue weighted by Crippen LogP contribution is -2.11. The number of sulfonamides is 1. The molecule has 0 bridgehead atoms. The highest BCUT2D eigenvalue weighted by Gasteiger charge is 2.18. The van der Waals surface area contributed by atoms with Crippen LogP contribution in [-0.2, 0) is 29.5 Å². The topological polar surface area (TPSA) is 66.4 Å². The molecule has 106 valence electrons. The van der Waals surface area contributed by atoms with E-state index < -0.39 is 10.0 Å². The summed E-state index contributed by atoms with van der Waals surface area (Å²) in [4.78, 5) is 0.638. The molecule has 3 rings (SSSR count). The van der Waals surface area contributed by atoms with E-state index in [1.165, 1.54) is 17.2 Å². The first-order valence-electron chi connectivity index (χ1n) is 6.43. The maximum Gasteiger partial charge on any atom is 0.271 e. The van der Waals surface area contributed by atoms with Crippen LogP contribution in [0.2, 0.25) is 0 Å². The Balaban J connectivity index is 1.86. The standard InChI is InChI=1S/C14H15NO3S2/c16-9-13-6-7-14(19-13)20(17,18)15-12-5-4-10-2-1-3-11(10)8-12/h4-8,15-16H,1-3,9H2. The van der Waals surface area contributed by atoms with Crippen molar-refractivity contribution in [2.75, 3.05) is 4.72 Å². The van der Waals surface area contributed by atoms with Crippen LogP contribution in [0.15, 0.2) is 34.5 Å². The van der Waals surface area contributed by atoms with Gasteiger partial charge in [0.1, 0.15) is 4.21 Å². The van der Waals surface area contributed by atoms with Crippen molar-refractivity contribution in [1.29, 1.82) is 0 Å². The highest BCUT2D eigenvalue weighted by Crippen LogP contribution is 2.28. The number of rotatable bonds is 4. The largest absolute Gasteiger partial charge is 0.391 e. The molecule has 1 aromatic carbocycles. The Morgan fingerprint density at radius 3 is 2.70 bits per heavy atom. The minimum absolute atomic E-state index is 0.140. The van der Waals surface area contributed by atoms with Gasteiger partial charge in [0.25, 0.3) is 10.0 Å². The molecule has 0 amide bonds. The second kappa shape index (κ2) is 5.20. The average molecular weight is 309 g/mol. The zero-order chi connectivity index (χ0) is 14.2. The first kappa shape index (κ1) is 13.6. The molecule has 1 aliphatic rings. The normalized spacial score (nSPS) is 14.2. The summed E-state index contributed by atoms with van der Waals surface area (Å²) in [6.07, 6.45) is 3.22. The van der Waals surface area contributed by atoms with Crippen LogP contribution in [-0.4, -0.2) is 13.5 Å². The van der Waals surface area contributed by atoms with Gasteiger partial charge in [-0.15, -0.1) is 11.3 Å². The molecule has 0 radical (unpaired) electrons. The molecule has 2 aromatic rings. The van der Waals surface area contributed by atoms with Gasteiger partial charge in [0.05, 0.1) is 6.61 Å². The van der Waals surface area contributed by atoms with Crippen molar-refractivity contribution in [2.24, 2.45) is 0 Å². The van der Waals surface area contributed by atoms with Crippen LogP contribution < -0.4 is 4.72 Å². The van der Waals surface area contributed by atoms with Crippen LogP contribution in [0.25, 0.3) is 0 Å². The number of hydrogen-bond acceptors (Lipinski definition) is 4. The minimum atomic E-state index is -3.56. The second-order valence-corrected chi connectivity index (χ2v) is 7.90. The van der Waals surface area contributed by atoms with Crippen LogP contribution in [0, 0.1) is 0 Å². The number of aliphatic hydroxyl groups excluding tert-OH is 1. The third kappa shape index (κ3) is 2.59. The summed E-state index contributed by atoms with van der Waals surface area (Å²) in [5, 5.41) is 9.01. The van der Waals surface area contributed by atoms with Gasteiger partial charge >= 0.3 is 0 Å². The molecule has 0 saturated carbocycles. The van der Waals surface area contributed by atoms with Gasteiger partial charge in [0, 0.05) is 10.6 Å². The summed E-state index contributed by atoms with van der Waals surface area (Å²) in [5.74, 6) is 0. The third-order valence-corrected chi connectivity index (χ3v) is 6.35. The van der Waals surface area contributed by atoms with E-state index in [-0.39, 0.29) is 10.8 Å². The van der Waals surface area contributed by atoms with Gasteiger partial charge in [-0.1, -0.05) is 6.07 Å². The Hall–Kier alpha value is -1.37. The van der Waals surface area contributed by atoms with Crippen molar-refractivity contribution in [3.8, 4) is 0 Å². The van der Waals surface area contributed by atoms with Crippen molar-refractivity contribution >= 4 is 27.0 Å². The van der Waals surface area contributed by atoms with Crippen LogP contribution in [0.3, 0.4) is 0 Å². The Morgan fingerprint density at radius 2 is 1.95 bits per heavy atom. The molecule has 1 aliphatic carbocycles. The Kier molecular flexibility index (Phi) is 3.54. The lowest BCUT2D eigenvalue weighted by atomic mass is 10.1. The first-order chi connectivity index (χ1) is 9.58. The SMILES string of the molecule is O=S(=O)(Nc1ccc2c(c1)CCC2)c1ccc(CO)s1. The van der Waals surface area contributed by atoms with Crippen molar-refractivity contribution in [1.82, 2.24) is 0 Å². The van der Waals surface area contributed by atoms with Crippen molar-refractivity contribution < 1.29 is 13.5 Å². The van der Waals surface area contributed by atoms with E-state index in [1.807, 2.05) is 18.2 Å². The molecule has 0 unspecified atom stereocenters. The number of anilines is 1. The summed E-state index contributed by atoms with van der Waals surface area (Å²) >= 11 is 1.08. The molecule has 2 N–H and O–H groups in total. The van der Waals surface area contributed by atoms with Gasteiger partial charge in [0.15, 0.2) is 0 Å². The van der Waals surface area contributed by atoms with Gasteiger partial charge < -0.3 is 5.11 Å². The van der Waals surface area contributed by atoms with E-state index >= 15 is 0 Å². The monoisotopic (exact) mass is 309 g/mol. The Bertz CT molecular complexity index is 735. The van der Waals surface area contributed by atoms with E-state index in [2.05, 4.69) is 4.72 Å². The third-order valence-electron chi connectivity index (χ3n) is 3.41. The first-order valence-corrected chi connectivity index (χ1v) is 8.73. The second-order valence-electron chi connectivity index (χ2n) is 4.82. The minimum Gasteiger partial charge on any atom is -0.391 e. The van der Waals surface area contributed by atoms with Crippen molar-refractivity contribution in [2.45, 2.75) is 30.1 Å². The van der Waals surface area contributed by atoms with Gasteiger partial charge in [0.2, 0.25) is 0 Å². The van der Waals surface area contributed by atoms with E-state index in [9.17, 15) is 8.42 Å². The summed E-state index contributed by atoms with van der Waals surface area (Å²) in [7, 11) is -3.56. The van der Waals surface area contributed by atoms with Crippen LogP contribution in [0.4, 0.5) is 5.69 Å². The Labute approximate surface area is 122 Å². The number of hydrogen-bond donors (Lipinski definition) is 2. The fourth-order valence-electron chi connectivity index (χ4n) is 2.43. The highest BCUT2D eigenvalue weighted by atomic mass is 32.2. The van der Waals surface area contributed by atoms with Gasteiger partial charge in [-0.25, -0.2) is 8.42 Å². The van der Waals surface area contributed by atoms with Crippen LogP contribution in [0.1, 0.15) is 22.4 Å². The fraction of sp³-hybridized carbons (Fsp3) is 0.286. The molecule has 1 aromatic heterocycles. The quantitative estimate of drug-likeness (QED) is 0.912. The van der Waals surface area contributed by atoms with E-state index in [4.69, 9.17) is 5.11 Å². The maximum atomic E-state index is 12.2. The van der Waals surface area contributed by atoms with E-state index in [1.54, 1.807) is 6.07 Å². The van der Waals surface area contributed by atoms with Crippen molar-refractivity contribution in [3.63, 3.8) is 0 Å². The van der Waals surface area contributed by atoms with E-state index in [0.717, 1.165) is 30.6 Å². The molecule has 1 heterocycles. The number of aliphatic hydroxyl groups is 1. The number of fused-ring (bicyclic) bond motifs is 1. The smallest absolute Gasteiger partial charge is 0.271 e. The zero-order valence-corrected chi connectivity index (χ0v) is 12.4. The number of aryl methyl sites for hydroxylation is 2. The van der Waals surface area contributed by atoms with Crippen LogP contribution in [0.5, 0.6) is 0 Å². The van der Waals surface area contributed by atoms with Crippen LogP contribution >= 0.6 is 11.3 Å². The summed E-state index contributed by atoms with van der Waals surface area (Å²) in [5.41, 5.74) is 3.14. The lowest BCUT2D eigenvalue weighted by molar-refractivity contribution is 0.285. The molecule has 4 nitrogen and oxygen atoms in total. The maximum absolute atomic E-state index is 12.2. The van der Waals surface area contributed by atoms with Gasteiger partial charge in [-0.05, 0) is 54.7 Å². The molecule has 20 heavy (non-hydrogen) atoms. The molecular formula is C14H15NO3S2. The molecule has 0 fully saturated rings. The molecular weight excluding hydrogens is 294 g/mol. The fourth-order valence-corrected chi connectivity index (χ4v) is 4.69. The molecule has 0 atom stereocenters. The highest BCUT2D eigenvalue weighted by molar-refractivity contribution is 7.94. The predicted molar refractivity (Wildman–Crippen MR) is 79.5 cm³/mol. The lowest BCUT2D eigenvalue weighted by Gasteiger charge is -2.08. The van der Waals surface area contributed by atoms with Gasteiger partial charge in [-0.3, -0.25) is 4.72 Å². The number of thiophene rings is 1. The summed E-state index contributed by atoms with van der Waals surface area (Å²) in [6.45, 7) is -0.140. The predicted octanol–water partition coefficient (Wildman–Crippen LogP) is 2.53. The van der Waals surface area contributed by atoms with Crippen molar-refractivity contribution in [3.05, 3.63) is 46.3 Å². The number of benzene rings is 1. The van der Waals surface area contributed by atoms with Gasteiger partial charge in [-0.2, -0.15) is 0 Å². The summed E-state index contributed by atoms with van der Waals surface area (Å²) in [6, 6.07) is 8.87. The molecule has 6 heteroatoms. The molecule has 0 saturated heterocycles. The Morgan fingerprint density at radius 1 is 1.15 bits per heavy atom. The summed E-state index contributed by atoms with van der Waals surface area (Å²) < 4.78 is 27.3. The average Bonchev–Trinajstić information content (AvgIpc) is 3.06. The zero-order valence-electron chi connectivity index (χ0n) is 10.8. The number of nitrogens with one attached hydrogen (secondary N) is 1.